The first-order chi connectivity index (χ1) is 6.81. The molecule has 1 aliphatic carbocycles. The number of rotatable bonds is 3. The van der Waals surface area contributed by atoms with Crippen LogP contribution in [0.15, 0.2) is 24.3 Å². The highest BCUT2D eigenvalue weighted by molar-refractivity contribution is 5.99. The van der Waals surface area contributed by atoms with Crippen LogP contribution in [-0.2, 0) is 0 Å². The molecule has 1 aliphatic rings. The summed E-state index contributed by atoms with van der Waals surface area (Å²) in [5.74, 6) is 0.0254. The molecule has 0 radical (unpaired) electrons. The van der Waals surface area contributed by atoms with Gasteiger partial charge in [-0.15, -0.1) is 0 Å². The van der Waals surface area contributed by atoms with Gasteiger partial charge in [0.05, 0.1) is 5.56 Å². The van der Waals surface area contributed by atoms with E-state index in [2.05, 4.69) is 10.6 Å². The van der Waals surface area contributed by atoms with E-state index in [0.717, 1.165) is 24.1 Å². The van der Waals surface area contributed by atoms with E-state index < -0.39 is 0 Å². The summed E-state index contributed by atoms with van der Waals surface area (Å²) in [4.78, 5) is 11.7. The second kappa shape index (κ2) is 3.70. The number of anilines is 1. The van der Waals surface area contributed by atoms with Crippen LogP contribution in [0.25, 0.3) is 0 Å². The van der Waals surface area contributed by atoms with Crippen molar-refractivity contribution in [3.05, 3.63) is 29.8 Å². The van der Waals surface area contributed by atoms with Gasteiger partial charge in [0.2, 0.25) is 0 Å². The van der Waals surface area contributed by atoms with E-state index >= 15 is 0 Å². The smallest absolute Gasteiger partial charge is 0.253 e. The maximum atomic E-state index is 11.7. The largest absolute Gasteiger partial charge is 0.387 e. The molecule has 1 aromatic rings. The lowest BCUT2D eigenvalue weighted by molar-refractivity contribution is 0.0952. The van der Waals surface area contributed by atoms with Gasteiger partial charge in [-0.05, 0) is 25.0 Å². The molecule has 0 spiro atoms. The Balaban J connectivity index is 2.16. The third-order valence-electron chi connectivity index (χ3n) is 2.35. The lowest BCUT2D eigenvalue weighted by atomic mass is 10.1. The number of carbonyl (C=O) groups excluding carboxylic acids is 1. The zero-order valence-corrected chi connectivity index (χ0v) is 8.21. The Bertz CT molecular complexity index is 345. The van der Waals surface area contributed by atoms with Crippen LogP contribution >= 0.6 is 0 Å². The van der Waals surface area contributed by atoms with E-state index in [1.54, 1.807) is 0 Å². The predicted molar refractivity (Wildman–Crippen MR) is 56.5 cm³/mol. The van der Waals surface area contributed by atoms with E-state index in [1.165, 1.54) is 0 Å². The van der Waals surface area contributed by atoms with Gasteiger partial charge in [0, 0.05) is 18.8 Å². The van der Waals surface area contributed by atoms with Crippen LogP contribution in [0, 0.1) is 0 Å². The molecule has 0 aliphatic heterocycles. The van der Waals surface area contributed by atoms with Crippen LogP contribution in [0.2, 0.25) is 0 Å². The molecular weight excluding hydrogens is 176 g/mol. The first-order valence-electron chi connectivity index (χ1n) is 4.89. The van der Waals surface area contributed by atoms with Crippen molar-refractivity contribution in [3.63, 3.8) is 0 Å². The lowest BCUT2D eigenvalue weighted by Gasteiger charge is -2.08. The molecule has 1 fully saturated rings. The van der Waals surface area contributed by atoms with Gasteiger partial charge in [0.15, 0.2) is 0 Å². The molecule has 0 aromatic heterocycles. The fourth-order valence-corrected chi connectivity index (χ4v) is 1.39. The second-order valence-electron chi connectivity index (χ2n) is 3.54. The summed E-state index contributed by atoms with van der Waals surface area (Å²) in [6.45, 7) is 0. The van der Waals surface area contributed by atoms with Crippen LogP contribution < -0.4 is 10.6 Å². The molecule has 2 rings (SSSR count). The van der Waals surface area contributed by atoms with Crippen LogP contribution in [-0.4, -0.2) is 19.0 Å². The zero-order valence-electron chi connectivity index (χ0n) is 8.21. The summed E-state index contributed by atoms with van der Waals surface area (Å²) in [6, 6.07) is 7.95. The molecule has 0 atom stereocenters. The molecule has 3 nitrogen and oxygen atoms in total. The number of hydrogen-bond donors (Lipinski definition) is 2. The van der Waals surface area contributed by atoms with E-state index in [-0.39, 0.29) is 5.91 Å². The molecule has 0 unspecified atom stereocenters. The molecule has 2 N–H and O–H groups in total. The van der Waals surface area contributed by atoms with Gasteiger partial charge in [-0.25, -0.2) is 0 Å². The zero-order chi connectivity index (χ0) is 9.97. The summed E-state index contributed by atoms with van der Waals surface area (Å²) in [7, 11) is 1.82. The molecule has 1 saturated carbocycles. The normalized spacial score (nSPS) is 14.9. The van der Waals surface area contributed by atoms with Gasteiger partial charge < -0.3 is 10.6 Å². The molecule has 1 aromatic carbocycles. The Labute approximate surface area is 83.5 Å². The molecular formula is C11H14N2O. The van der Waals surface area contributed by atoms with Crippen molar-refractivity contribution in [2.24, 2.45) is 0 Å². The molecule has 3 heteroatoms. The van der Waals surface area contributed by atoms with Crippen molar-refractivity contribution >= 4 is 11.6 Å². The average Bonchev–Trinajstić information content (AvgIpc) is 3.01. The molecule has 1 amide bonds. The van der Waals surface area contributed by atoms with Crippen molar-refractivity contribution in [2.45, 2.75) is 18.9 Å². The van der Waals surface area contributed by atoms with E-state index in [9.17, 15) is 4.79 Å². The fourth-order valence-electron chi connectivity index (χ4n) is 1.39. The molecule has 74 valence electrons. The molecule has 14 heavy (non-hydrogen) atoms. The van der Waals surface area contributed by atoms with Crippen molar-refractivity contribution in [3.8, 4) is 0 Å². The second-order valence-corrected chi connectivity index (χ2v) is 3.54. The molecule has 0 bridgehead atoms. The summed E-state index contributed by atoms with van der Waals surface area (Å²) in [5, 5.41) is 5.98. The standard InChI is InChI=1S/C11H14N2O/c1-12-10-5-3-2-4-9(10)11(14)13-8-6-7-8/h2-5,8,12H,6-7H2,1H3,(H,13,14). The third kappa shape index (κ3) is 1.87. The minimum absolute atomic E-state index is 0.0254. The van der Waals surface area contributed by atoms with Gasteiger partial charge in [-0.2, -0.15) is 0 Å². The Morgan fingerprint density at radius 2 is 2.07 bits per heavy atom. The summed E-state index contributed by atoms with van der Waals surface area (Å²) in [5.41, 5.74) is 1.60. The van der Waals surface area contributed by atoms with Crippen LogP contribution in [0.1, 0.15) is 23.2 Å². The maximum absolute atomic E-state index is 11.7. The first kappa shape index (κ1) is 9.06. The van der Waals surface area contributed by atoms with Crippen molar-refractivity contribution in [1.29, 1.82) is 0 Å². The number of carbonyl (C=O) groups is 1. The quantitative estimate of drug-likeness (QED) is 0.760. The predicted octanol–water partition coefficient (Wildman–Crippen LogP) is 1.62. The van der Waals surface area contributed by atoms with Gasteiger partial charge >= 0.3 is 0 Å². The third-order valence-corrected chi connectivity index (χ3v) is 2.35. The summed E-state index contributed by atoms with van der Waals surface area (Å²) >= 11 is 0. The van der Waals surface area contributed by atoms with Crippen LogP contribution in [0.3, 0.4) is 0 Å². The van der Waals surface area contributed by atoms with Crippen LogP contribution in [0.5, 0.6) is 0 Å². The highest BCUT2D eigenvalue weighted by Crippen LogP contribution is 2.21. The summed E-state index contributed by atoms with van der Waals surface area (Å²) in [6.07, 6.45) is 2.24. The van der Waals surface area contributed by atoms with E-state index in [4.69, 9.17) is 0 Å². The first-order valence-corrected chi connectivity index (χ1v) is 4.89. The highest BCUT2D eigenvalue weighted by atomic mass is 16.1. The monoisotopic (exact) mass is 190 g/mol. The maximum Gasteiger partial charge on any atom is 0.253 e. The Morgan fingerprint density at radius 1 is 1.36 bits per heavy atom. The van der Waals surface area contributed by atoms with Crippen molar-refractivity contribution in [1.82, 2.24) is 5.32 Å². The Kier molecular flexibility index (Phi) is 2.39. The topological polar surface area (TPSA) is 41.1 Å². The number of benzene rings is 1. The Morgan fingerprint density at radius 3 is 2.71 bits per heavy atom. The molecule has 0 heterocycles. The fraction of sp³-hybridized carbons (Fsp3) is 0.364. The number of hydrogen-bond acceptors (Lipinski definition) is 2. The number of para-hydroxylation sites is 1. The van der Waals surface area contributed by atoms with Crippen LogP contribution in [0.4, 0.5) is 5.69 Å². The minimum atomic E-state index is 0.0254. The molecule has 0 saturated heterocycles. The summed E-state index contributed by atoms with van der Waals surface area (Å²) < 4.78 is 0. The van der Waals surface area contributed by atoms with Gasteiger partial charge in [-0.1, -0.05) is 12.1 Å². The Hall–Kier alpha value is -1.51. The van der Waals surface area contributed by atoms with E-state index in [1.807, 2.05) is 31.3 Å². The minimum Gasteiger partial charge on any atom is -0.387 e. The number of amides is 1. The SMILES string of the molecule is CNc1ccccc1C(=O)NC1CC1. The van der Waals surface area contributed by atoms with Crippen molar-refractivity contribution in [2.75, 3.05) is 12.4 Å². The lowest BCUT2D eigenvalue weighted by Crippen LogP contribution is -2.26. The number of nitrogens with one attached hydrogen (secondary N) is 2. The van der Waals surface area contributed by atoms with E-state index in [0.29, 0.717) is 6.04 Å². The van der Waals surface area contributed by atoms with Gasteiger partial charge in [0.25, 0.3) is 5.91 Å². The highest BCUT2D eigenvalue weighted by Gasteiger charge is 2.24. The van der Waals surface area contributed by atoms with Gasteiger partial charge in [-0.3, -0.25) is 4.79 Å². The average molecular weight is 190 g/mol. The van der Waals surface area contributed by atoms with Crippen molar-refractivity contribution < 1.29 is 4.79 Å². The van der Waals surface area contributed by atoms with Gasteiger partial charge in [0.1, 0.15) is 0 Å².